The number of hydrogen-bond donors (Lipinski definition) is 1. The van der Waals surface area contributed by atoms with E-state index in [1.807, 2.05) is 18.0 Å². The Morgan fingerprint density at radius 2 is 1.94 bits per heavy atom. The monoisotopic (exact) mass is 475 g/mol. The van der Waals surface area contributed by atoms with Crippen molar-refractivity contribution in [2.45, 2.75) is 12.6 Å². The van der Waals surface area contributed by atoms with E-state index in [1.54, 1.807) is 60.8 Å². The topological polar surface area (TPSA) is 83.0 Å². The number of likely N-dealkylation sites (N-methyl/N-ethyl adjacent to an activating group) is 1. The van der Waals surface area contributed by atoms with E-state index in [4.69, 9.17) is 16.3 Å². The molecule has 1 N–H and O–H groups in total. The first-order valence-corrected chi connectivity index (χ1v) is 11.2. The van der Waals surface area contributed by atoms with Crippen LogP contribution in [0.2, 0.25) is 5.02 Å². The van der Waals surface area contributed by atoms with Crippen molar-refractivity contribution >= 4 is 34.7 Å². The van der Waals surface area contributed by atoms with Crippen LogP contribution in [0.3, 0.4) is 0 Å². The van der Waals surface area contributed by atoms with Crippen molar-refractivity contribution in [2.24, 2.45) is 0 Å². The Kier molecular flexibility index (Phi) is 5.71. The first-order valence-electron chi connectivity index (χ1n) is 10.9. The van der Waals surface area contributed by atoms with Gasteiger partial charge in [-0.15, -0.1) is 0 Å². The molecule has 0 aliphatic carbocycles. The Balaban J connectivity index is 1.64. The van der Waals surface area contributed by atoms with Crippen LogP contribution in [0.15, 0.2) is 72.4 Å². The Morgan fingerprint density at radius 3 is 2.68 bits per heavy atom. The van der Waals surface area contributed by atoms with Crippen LogP contribution >= 0.6 is 11.6 Å². The van der Waals surface area contributed by atoms with Gasteiger partial charge in [0.15, 0.2) is 0 Å². The number of nitrogens with zero attached hydrogens (tertiary/aromatic N) is 3. The number of fused-ring (bicyclic) bond motifs is 1. The highest BCUT2D eigenvalue weighted by Gasteiger charge is 2.46. The van der Waals surface area contributed by atoms with Crippen molar-refractivity contribution in [3.8, 4) is 5.75 Å². The fourth-order valence-electron chi connectivity index (χ4n) is 4.35. The van der Waals surface area contributed by atoms with Crippen LogP contribution < -0.4 is 9.64 Å². The number of amides is 1. The van der Waals surface area contributed by atoms with Gasteiger partial charge in [0.05, 0.1) is 36.1 Å². The summed E-state index contributed by atoms with van der Waals surface area (Å²) >= 11 is 6.08. The first kappa shape index (κ1) is 22.0. The highest BCUT2D eigenvalue weighted by molar-refractivity contribution is 6.46. The van der Waals surface area contributed by atoms with Gasteiger partial charge in [0.2, 0.25) is 0 Å². The molecule has 1 atom stereocenters. The summed E-state index contributed by atoms with van der Waals surface area (Å²) in [7, 11) is 1.94. The summed E-state index contributed by atoms with van der Waals surface area (Å²) in [6.45, 7) is 1.40. The van der Waals surface area contributed by atoms with E-state index in [-0.39, 0.29) is 17.9 Å². The maximum atomic E-state index is 13.2. The van der Waals surface area contributed by atoms with Crippen molar-refractivity contribution in [1.82, 2.24) is 9.88 Å². The lowest BCUT2D eigenvalue weighted by atomic mass is 9.95. The molecule has 0 bridgehead atoms. The number of carbonyl (C=O) groups excluding carboxylic acids is 2. The highest BCUT2D eigenvalue weighted by atomic mass is 35.5. The molecule has 1 unspecified atom stereocenters. The van der Waals surface area contributed by atoms with Gasteiger partial charge in [-0.05, 0) is 48.0 Å². The second-order valence-electron chi connectivity index (χ2n) is 8.25. The molecule has 1 saturated heterocycles. The predicted octanol–water partition coefficient (Wildman–Crippen LogP) is 4.19. The van der Waals surface area contributed by atoms with Gasteiger partial charge in [-0.25, -0.2) is 0 Å². The number of ether oxygens (including phenoxy) is 1. The lowest BCUT2D eigenvalue weighted by Gasteiger charge is -2.28. The van der Waals surface area contributed by atoms with E-state index in [2.05, 4.69) is 4.98 Å². The minimum absolute atomic E-state index is 0.0302. The van der Waals surface area contributed by atoms with Crippen LogP contribution in [0, 0.1) is 0 Å². The van der Waals surface area contributed by atoms with Crippen LogP contribution in [0.4, 0.5) is 5.69 Å². The van der Waals surface area contributed by atoms with Gasteiger partial charge in [0.1, 0.15) is 18.1 Å². The summed E-state index contributed by atoms with van der Waals surface area (Å²) in [5, 5.41) is 11.9. The minimum Gasteiger partial charge on any atom is -0.507 e. The minimum atomic E-state index is -0.788. The number of likely N-dealkylation sites (tertiary alicyclic amines) is 1. The average Bonchev–Trinajstić information content (AvgIpc) is 3.10. The molecular weight excluding hydrogens is 454 g/mol. The molecular formula is C26H22ClN3O4. The smallest absolute Gasteiger partial charge is 0.296 e. The van der Waals surface area contributed by atoms with Crippen molar-refractivity contribution in [1.29, 1.82) is 0 Å². The lowest BCUT2D eigenvalue weighted by Crippen LogP contribution is -2.29. The summed E-state index contributed by atoms with van der Waals surface area (Å²) < 4.78 is 5.69. The Labute approximate surface area is 201 Å². The molecule has 2 aliphatic heterocycles. The quantitative estimate of drug-likeness (QED) is 0.346. The summed E-state index contributed by atoms with van der Waals surface area (Å²) in [5.74, 6) is -0.958. The van der Waals surface area contributed by atoms with Gasteiger partial charge < -0.3 is 19.6 Å². The fourth-order valence-corrected chi connectivity index (χ4v) is 4.48. The molecule has 0 spiro atoms. The maximum Gasteiger partial charge on any atom is 0.296 e. The average molecular weight is 476 g/mol. The van der Waals surface area contributed by atoms with Crippen LogP contribution in [0.25, 0.3) is 5.76 Å². The third-order valence-electron chi connectivity index (χ3n) is 6.11. The number of ketones is 1. The third-order valence-corrected chi connectivity index (χ3v) is 6.36. The number of rotatable bonds is 4. The van der Waals surface area contributed by atoms with E-state index in [9.17, 15) is 14.7 Å². The molecule has 5 rings (SSSR count). The molecule has 172 valence electrons. The Hall–Kier alpha value is -3.84. The molecule has 0 radical (unpaired) electrons. The van der Waals surface area contributed by atoms with Gasteiger partial charge in [-0.1, -0.05) is 29.8 Å². The summed E-state index contributed by atoms with van der Waals surface area (Å²) in [6, 6.07) is 16.7. The zero-order valence-corrected chi connectivity index (χ0v) is 19.2. The van der Waals surface area contributed by atoms with E-state index < -0.39 is 17.7 Å². The molecule has 3 heterocycles. The fraction of sp³-hybridized carbons (Fsp3) is 0.192. The van der Waals surface area contributed by atoms with Crippen LogP contribution in [-0.4, -0.2) is 46.9 Å². The summed E-state index contributed by atoms with van der Waals surface area (Å²) in [4.78, 5) is 34.1. The number of carbonyl (C=O) groups is 2. The van der Waals surface area contributed by atoms with E-state index >= 15 is 0 Å². The zero-order valence-electron chi connectivity index (χ0n) is 18.4. The molecule has 8 heteroatoms. The standard InChI is InChI=1S/C26H22ClN3O4/c1-29-12-13-34-21-10-7-17(14-20(21)29)24(31)22-23(16-5-8-18(27)9-6-16)30(26(33)25(22)32)15-19-4-2-3-11-28-19/h2-11,14,23,31H,12-13,15H2,1H3/b24-22-. The third kappa shape index (κ3) is 3.88. The molecule has 2 aliphatic rings. The molecule has 34 heavy (non-hydrogen) atoms. The van der Waals surface area contributed by atoms with Gasteiger partial charge in [0.25, 0.3) is 11.7 Å². The number of halogens is 1. The molecule has 7 nitrogen and oxygen atoms in total. The van der Waals surface area contributed by atoms with Gasteiger partial charge in [0, 0.05) is 23.8 Å². The SMILES string of the molecule is CN1CCOc2ccc(/C(O)=C3/C(=O)C(=O)N(Cc4ccccn4)C3c3ccc(Cl)cc3)cc21. The molecule has 2 aromatic carbocycles. The molecule has 3 aromatic rings. The second-order valence-corrected chi connectivity index (χ2v) is 8.69. The number of hydrogen-bond acceptors (Lipinski definition) is 6. The molecule has 1 fully saturated rings. The normalized spacial score (nSPS) is 19.2. The number of aliphatic hydroxyl groups is 1. The van der Waals surface area contributed by atoms with E-state index in [0.29, 0.717) is 40.7 Å². The van der Waals surface area contributed by atoms with Gasteiger partial charge in [-0.3, -0.25) is 14.6 Å². The number of Topliss-reactive ketones (excluding diaryl/α,β-unsaturated/α-hetero) is 1. The summed E-state index contributed by atoms with van der Waals surface area (Å²) in [6.07, 6.45) is 1.63. The van der Waals surface area contributed by atoms with Crippen molar-refractivity contribution < 1.29 is 19.4 Å². The zero-order chi connectivity index (χ0) is 23.8. The van der Waals surface area contributed by atoms with Crippen LogP contribution in [0.1, 0.15) is 22.9 Å². The lowest BCUT2D eigenvalue weighted by molar-refractivity contribution is -0.140. The van der Waals surface area contributed by atoms with Gasteiger partial charge in [-0.2, -0.15) is 0 Å². The first-order chi connectivity index (χ1) is 16.4. The Morgan fingerprint density at radius 1 is 1.15 bits per heavy atom. The molecule has 1 aromatic heterocycles. The maximum absolute atomic E-state index is 13.2. The number of aliphatic hydroxyl groups excluding tert-OH is 1. The largest absolute Gasteiger partial charge is 0.507 e. The number of pyridine rings is 1. The predicted molar refractivity (Wildman–Crippen MR) is 129 cm³/mol. The van der Waals surface area contributed by atoms with Gasteiger partial charge >= 0.3 is 0 Å². The number of benzene rings is 2. The molecule has 0 saturated carbocycles. The van der Waals surface area contributed by atoms with Crippen LogP contribution in [0.5, 0.6) is 5.75 Å². The Bertz CT molecular complexity index is 1290. The van der Waals surface area contributed by atoms with E-state index in [0.717, 1.165) is 5.69 Å². The van der Waals surface area contributed by atoms with Crippen molar-refractivity contribution in [2.75, 3.05) is 25.1 Å². The molecule has 1 amide bonds. The summed E-state index contributed by atoms with van der Waals surface area (Å²) in [5.41, 5.74) is 2.57. The number of aromatic nitrogens is 1. The number of anilines is 1. The highest BCUT2D eigenvalue weighted by Crippen LogP contribution is 2.42. The van der Waals surface area contributed by atoms with Crippen LogP contribution in [-0.2, 0) is 16.1 Å². The van der Waals surface area contributed by atoms with E-state index in [1.165, 1.54) is 4.90 Å². The van der Waals surface area contributed by atoms with Crippen molar-refractivity contribution in [3.63, 3.8) is 0 Å². The van der Waals surface area contributed by atoms with Crippen molar-refractivity contribution in [3.05, 3.63) is 94.3 Å². The second kappa shape index (κ2) is 8.83.